The number of carbonyl (C=O) groups is 4. The van der Waals surface area contributed by atoms with Gasteiger partial charge in [0.15, 0.2) is 0 Å². The van der Waals surface area contributed by atoms with E-state index in [0.29, 0.717) is 19.5 Å². The molecule has 2 aliphatic rings. The molecule has 0 aromatic heterocycles. The highest BCUT2D eigenvalue weighted by atomic mass is 16.4. The van der Waals surface area contributed by atoms with Gasteiger partial charge in [0, 0.05) is 26.2 Å². The van der Waals surface area contributed by atoms with Gasteiger partial charge >= 0.3 is 5.97 Å². The smallest absolute Gasteiger partial charge is 0.326 e. The summed E-state index contributed by atoms with van der Waals surface area (Å²) in [6.45, 7) is 11.8. The van der Waals surface area contributed by atoms with E-state index in [-0.39, 0.29) is 42.3 Å². The van der Waals surface area contributed by atoms with Crippen molar-refractivity contribution in [1.29, 1.82) is 0 Å². The van der Waals surface area contributed by atoms with Gasteiger partial charge < -0.3 is 20.2 Å². The molecular formula is C28H51N5O5. The number of hydrogen-bond acceptors (Lipinski definition) is 6. The SMILES string of the molecule is CC(C)[C@@H](CN(C)CC(=O)N1CCCC[C@H]1C(=O)O)N(C)C(=O)[C@@H](NC(=O)C1CCCCN1C)C(C)(C)C. The highest BCUT2D eigenvalue weighted by molar-refractivity contribution is 5.90. The lowest BCUT2D eigenvalue weighted by molar-refractivity contribution is -0.152. The van der Waals surface area contributed by atoms with Crippen LogP contribution in [0.1, 0.15) is 73.1 Å². The van der Waals surface area contributed by atoms with Crippen LogP contribution in [0.15, 0.2) is 0 Å². The minimum absolute atomic E-state index is 0.0858. The number of carboxylic acids is 1. The van der Waals surface area contributed by atoms with Gasteiger partial charge in [-0.3, -0.25) is 24.2 Å². The van der Waals surface area contributed by atoms with Gasteiger partial charge in [-0.15, -0.1) is 0 Å². The lowest BCUT2D eigenvalue weighted by Crippen LogP contribution is -2.60. The highest BCUT2D eigenvalue weighted by Gasteiger charge is 2.40. The van der Waals surface area contributed by atoms with Crippen LogP contribution < -0.4 is 5.32 Å². The summed E-state index contributed by atoms with van der Waals surface area (Å²) in [5.74, 6) is -1.31. The maximum absolute atomic E-state index is 13.8. The van der Waals surface area contributed by atoms with Crippen molar-refractivity contribution in [3.8, 4) is 0 Å². The van der Waals surface area contributed by atoms with E-state index in [1.165, 1.54) is 4.90 Å². The first-order chi connectivity index (χ1) is 17.6. The van der Waals surface area contributed by atoms with Crippen molar-refractivity contribution in [3.05, 3.63) is 0 Å². The molecule has 3 amide bonds. The third-order valence-corrected chi connectivity index (χ3v) is 8.10. The monoisotopic (exact) mass is 537 g/mol. The van der Waals surface area contributed by atoms with Crippen LogP contribution in [0.5, 0.6) is 0 Å². The summed E-state index contributed by atoms with van der Waals surface area (Å²) >= 11 is 0. The molecule has 2 aliphatic heterocycles. The second-order valence-electron chi connectivity index (χ2n) is 12.7. The molecule has 4 atom stereocenters. The van der Waals surface area contributed by atoms with Crippen LogP contribution in [-0.4, -0.2) is 120 Å². The molecule has 1 unspecified atom stereocenters. The van der Waals surface area contributed by atoms with Crippen LogP contribution in [0.3, 0.4) is 0 Å². The van der Waals surface area contributed by atoms with Crippen molar-refractivity contribution < 1.29 is 24.3 Å². The second kappa shape index (κ2) is 13.7. The molecule has 10 nitrogen and oxygen atoms in total. The number of nitrogens with one attached hydrogen (secondary N) is 1. The van der Waals surface area contributed by atoms with Gasteiger partial charge in [-0.2, -0.15) is 0 Å². The maximum Gasteiger partial charge on any atom is 0.326 e. The third-order valence-electron chi connectivity index (χ3n) is 8.10. The van der Waals surface area contributed by atoms with Gasteiger partial charge in [0.1, 0.15) is 12.1 Å². The molecule has 10 heteroatoms. The largest absolute Gasteiger partial charge is 0.480 e. The summed E-state index contributed by atoms with van der Waals surface area (Å²) < 4.78 is 0. The Morgan fingerprint density at radius 3 is 2.08 bits per heavy atom. The van der Waals surface area contributed by atoms with Gasteiger partial charge in [0.05, 0.1) is 12.6 Å². The number of amides is 3. The normalized spacial score (nSPS) is 22.7. The number of carbonyl (C=O) groups excluding carboxylic acids is 3. The Morgan fingerprint density at radius 1 is 0.974 bits per heavy atom. The molecule has 38 heavy (non-hydrogen) atoms. The van der Waals surface area contributed by atoms with Crippen molar-refractivity contribution in [2.24, 2.45) is 11.3 Å². The molecule has 0 aromatic carbocycles. The number of rotatable bonds is 10. The van der Waals surface area contributed by atoms with Gasteiger partial charge in [-0.1, -0.05) is 41.0 Å². The van der Waals surface area contributed by atoms with E-state index in [2.05, 4.69) is 10.2 Å². The zero-order chi connectivity index (χ0) is 28.8. The van der Waals surface area contributed by atoms with E-state index in [0.717, 1.165) is 38.6 Å². The van der Waals surface area contributed by atoms with Gasteiger partial charge in [0.2, 0.25) is 17.7 Å². The molecule has 2 fully saturated rings. The molecule has 0 bridgehead atoms. The van der Waals surface area contributed by atoms with E-state index in [4.69, 9.17) is 0 Å². The second-order valence-corrected chi connectivity index (χ2v) is 12.7. The molecule has 2 N–H and O–H groups in total. The van der Waals surface area contributed by atoms with E-state index < -0.39 is 23.5 Å². The van der Waals surface area contributed by atoms with Crippen molar-refractivity contribution in [1.82, 2.24) is 24.9 Å². The lowest BCUT2D eigenvalue weighted by atomic mass is 9.84. The molecule has 0 saturated carbocycles. The Kier molecular flexibility index (Phi) is 11.6. The molecule has 0 radical (unpaired) electrons. The van der Waals surface area contributed by atoms with Crippen LogP contribution in [0, 0.1) is 11.3 Å². The fourth-order valence-corrected chi connectivity index (χ4v) is 5.63. The van der Waals surface area contributed by atoms with E-state index in [1.54, 1.807) is 11.9 Å². The van der Waals surface area contributed by atoms with Crippen LogP contribution in [-0.2, 0) is 19.2 Å². The molecule has 0 aliphatic carbocycles. The Morgan fingerprint density at radius 2 is 1.55 bits per heavy atom. The summed E-state index contributed by atoms with van der Waals surface area (Å²) in [7, 11) is 5.55. The minimum atomic E-state index is -0.958. The number of aliphatic carboxylic acids is 1. The number of carboxylic acid groups (broad SMARTS) is 1. The summed E-state index contributed by atoms with van der Waals surface area (Å²) in [6.07, 6.45) is 4.96. The molecule has 0 aromatic rings. The quantitative estimate of drug-likeness (QED) is 0.437. The maximum atomic E-state index is 13.8. The van der Waals surface area contributed by atoms with Gasteiger partial charge in [-0.05, 0) is 64.1 Å². The molecule has 0 spiro atoms. The van der Waals surface area contributed by atoms with Crippen LogP contribution in [0.25, 0.3) is 0 Å². The Balaban J connectivity index is 2.11. The fourth-order valence-electron chi connectivity index (χ4n) is 5.63. The number of likely N-dealkylation sites (N-methyl/N-ethyl adjacent to an activating group) is 3. The summed E-state index contributed by atoms with van der Waals surface area (Å²) in [6, 6.07) is -1.88. The van der Waals surface area contributed by atoms with E-state index in [1.807, 2.05) is 53.6 Å². The zero-order valence-electron chi connectivity index (χ0n) is 24.8. The van der Waals surface area contributed by atoms with Gasteiger partial charge in [0.25, 0.3) is 0 Å². The zero-order valence-corrected chi connectivity index (χ0v) is 24.8. The standard InChI is InChI=1S/C28H51N5O5/c1-19(2)22(17-30(6)18-23(34)33-16-12-10-14-21(33)27(37)38)32(8)26(36)24(28(3,4)5)29-25(35)20-13-9-11-15-31(20)7/h19-22,24H,9-18H2,1-8H3,(H,29,35)(H,37,38)/t20?,21-,22+,24+/m0/s1. The fraction of sp³-hybridized carbons (Fsp3) is 0.857. The predicted octanol–water partition coefficient (Wildman–Crippen LogP) is 1.88. The van der Waals surface area contributed by atoms with E-state index in [9.17, 15) is 24.3 Å². The Hall–Kier alpha value is -2.20. The molecule has 218 valence electrons. The summed E-state index contributed by atoms with van der Waals surface area (Å²) in [5.41, 5.74) is -0.488. The van der Waals surface area contributed by atoms with Crippen molar-refractivity contribution in [2.75, 3.05) is 47.3 Å². The van der Waals surface area contributed by atoms with Crippen LogP contribution in [0.2, 0.25) is 0 Å². The molecule has 2 saturated heterocycles. The predicted molar refractivity (Wildman–Crippen MR) is 148 cm³/mol. The number of nitrogens with zero attached hydrogens (tertiary/aromatic N) is 4. The van der Waals surface area contributed by atoms with Crippen LogP contribution >= 0.6 is 0 Å². The molecular weight excluding hydrogens is 486 g/mol. The lowest BCUT2D eigenvalue weighted by Gasteiger charge is -2.41. The first kappa shape index (κ1) is 32.0. The third kappa shape index (κ3) is 8.40. The highest BCUT2D eigenvalue weighted by Crippen LogP contribution is 2.25. The first-order valence-electron chi connectivity index (χ1n) is 14.1. The Labute approximate surface area is 229 Å². The summed E-state index contributed by atoms with van der Waals surface area (Å²) in [4.78, 5) is 58.8. The van der Waals surface area contributed by atoms with Crippen molar-refractivity contribution >= 4 is 23.7 Å². The number of hydrogen-bond donors (Lipinski definition) is 2. The average molecular weight is 538 g/mol. The number of piperidine rings is 2. The van der Waals surface area contributed by atoms with Crippen molar-refractivity contribution in [2.45, 2.75) is 97.3 Å². The first-order valence-corrected chi connectivity index (χ1v) is 14.1. The summed E-state index contributed by atoms with van der Waals surface area (Å²) in [5, 5.41) is 12.6. The molecule has 2 rings (SSSR count). The van der Waals surface area contributed by atoms with Crippen LogP contribution in [0.4, 0.5) is 0 Å². The van der Waals surface area contributed by atoms with E-state index >= 15 is 0 Å². The molecule has 2 heterocycles. The van der Waals surface area contributed by atoms with Crippen molar-refractivity contribution in [3.63, 3.8) is 0 Å². The minimum Gasteiger partial charge on any atom is -0.480 e. The number of likely N-dealkylation sites (tertiary alicyclic amines) is 2. The Bertz CT molecular complexity index is 842. The average Bonchev–Trinajstić information content (AvgIpc) is 2.84. The van der Waals surface area contributed by atoms with Gasteiger partial charge in [-0.25, -0.2) is 4.79 Å². The topological polar surface area (TPSA) is 113 Å².